The fourth-order valence-corrected chi connectivity index (χ4v) is 2.58. The van der Waals surface area contributed by atoms with Gasteiger partial charge in [-0.1, -0.05) is 0 Å². The van der Waals surface area contributed by atoms with E-state index in [1.54, 1.807) is 6.92 Å². The first-order valence-corrected chi connectivity index (χ1v) is 6.14. The molecule has 1 aromatic rings. The predicted molar refractivity (Wildman–Crippen MR) is 65.3 cm³/mol. The number of esters is 1. The fourth-order valence-electron chi connectivity index (χ4n) is 1.59. The Kier molecular flexibility index (Phi) is 3.06. The van der Waals surface area contributed by atoms with E-state index in [2.05, 4.69) is 10.1 Å². The van der Waals surface area contributed by atoms with Crippen molar-refractivity contribution in [3.05, 3.63) is 16.0 Å². The van der Waals surface area contributed by atoms with E-state index < -0.39 is 5.97 Å². The van der Waals surface area contributed by atoms with E-state index >= 15 is 0 Å². The maximum Gasteiger partial charge on any atom is 0.348 e. The molecule has 1 fully saturated rings. The molecule has 92 valence electrons. The Balaban J connectivity index is 2.29. The molecule has 0 saturated heterocycles. The third-order valence-electron chi connectivity index (χ3n) is 2.68. The molecule has 0 bridgehead atoms. The summed E-state index contributed by atoms with van der Waals surface area (Å²) in [4.78, 5) is 23.8. The van der Waals surface area contributed by atoms with Crippen LogP contribution >= 0.6 is 11.3 Å². The van der Waals surface area contributed by atoms with Crippen LogP contribution in [0, 0.1) is 6.92 Å². The van der Waals surface area contributed by atoms with Crippen LogP contribution in [0.4, 0.5) is 5.00 Å². The van der Waals surface area contributed by atoms with E-state index in [0.717, 1.165) is 24.2 Å². The first-order chi connectivity index (χ1) is 8.04. The molecular formula is C11H14N2O3S. The van der Waals surface area contributed by atoms with Gasteiger partial charge in [-0.15, -0.1) is 11.3 Å². The number of nitrogens with two attached hydrogens (primary N) is 1. The third-order valence-corrected chi connectivity index (χ3v) is 3.79. The molecule has 1 aliphatic carbocycles. The van der Waals surface area contributed by atoms with Gasteiger partial charge in [-0.25, -0.2) is 4.79 Å². The highest BCUT2D eigenvalue weighted by Crippen LogP contribution is 2.31. The number of nitrogen functional groups attached to an aromatic ring is 1. The SMILES string of the molecule is COC(=O)c1sc(N)c(C(=O)NC2CC2)c1C. The van der Waals surface area contributed by atoms with Crippen molar-refractivity contribution in [1.82, 2.24) is 5.32 Å². The zero-order chi connectivity index (χ0) is 12.6. The third kappa shape index (κ3) is 2.26. The molecule has 1 amide bonds. The minimum Gasteiger partial charge on any atom is -0.465 e. The van der Waals surface area contributed by atoms with Gasteiger partial charge in [0.05, 0.1) is 17.7 Å². The lowest BCUT2D eigenvalue weighted by Crippen LogP contribution is -2.26. The number of amides is 1. The summed E-state index contributed by atoms with van der Waals surface area (Å²) < 4.78 is 4.64. The van der Waals surface area contributed by atoms with Gasteiger partial charge in [-0.2, -0.15) is 0 Å². The van der Waals surface area contributed by atoms with Gasteiger partial charge in [-0.3, -0.25) is 4.79 Å². The van der Waals surface area contributed by atoms with Gasteiger partial charge in [0, 0.05) is 6.04 Å². The summed E-state index contributed by atoms with van der Waals surface area (Å²) >= 11 is 1.09. The molecule has 6 heteroatoms. The summed E-state index contributed by atoms with van der Waals surface area (Å²) in [7, 11) is 1.31. The summed E-state index contributed by atoms with van der Waals surface area (Å²) in [6.45, 7) is 1.71. The number of thiophene rings is 1. The number of ether oxygens (including phenoxy) is 1. The van der Waals surface area contributed by atoms with Crippen LogP contribution in [0.25, 0.3) is 0 Å². The van der Waals surface area contributed by atoms with Gasteiger partial charge < -0.3 is 15.8 Å². The molecule has 1 heterocycles. The molecule has 0 radical (unpaired) electrons. The minimum atomic E-state index is -0.454. The van der Waals surface area contributed by atoms with E-state index in [1.165, 1.54) is 7.11 Å². The van der Waals surface area contributed by atoms with Crippen molar-refractivity contribution >= 4 is 28.2 Å². The highest BCUT2D eigenvalue weighted by Gasteiger charge is 2.28. The second-order valence-electron chi connectivity index (χ2n) is 4.03. The van der Waals surface area contributed by atoms with Gasteiger partial charge in [0.15, 0.2) is 0 Å². The topological polar surface area (TPSA) is 81.4 Å². The molecule has 0 atom stereocenters. The number of hydrogen-bond donors (Lipinski definition) is 2. The van der Waals surface area contributed by atoms with E-state index in [-0.39, 0.29) is 11.9 Å². The molecule has 0 aromatic carbocycles. The highest BCUT2D eigenvalue weighted by atomic mass is 32.1. The van der Waals surface area contributed by atoms with E-state index in [1.807, 2.05) is 0 Å². The Morgan fingerprint density at radius 1 is 1.47 bits per heavy atom. The van der Waals surface area contributed by atoms with Crippen LogP contribution in [0.3, 0.4) is 0 Å². The van der Waals surface area contributed by atoms with Crippen LogP contribution in [-0.2, 0) is 4.74 Å². The molecule has 0 aliphatic heterocycles. The van der Waals surface area contributed by atoms with Crippen molar-refractivity contribution in [1.29, 1.82) is 0 Å². The first kappa shape index (κ1) is 11.9. The Hall–Kier alpha value is -1.56. The maximum atomic E-state index is 11.9. The molecule has 0 spiro atoms. The van der Waals surface area contributed by atoms with Gasteiger partial charge in [0.1, 0.15) is 4.88 Å². The fraction of sp³-hybridized carbons (Fsp3) is 0.455. The number of rotatable bonds is 3. The minimum absolute atomic E-state index is 0.200. The van der Waals surface area contributed by atoms with E-state index in [9.17, 15) is 9.59 Å². The second kappa shape index (κ2) is 4.37. The molecule has 1 aliphatic rings. The lowest BCUT2D eigenvalue weighted by atomic mass is 10.1. The van der Waals surface area contributed by atoms with Gasteiger partial charge in [-0.05, 0) is 25.3 Å². The normalized spacial score (nSPS) is 14.5. The van der Waals surface area contributed by atoms with Gasteiger partial charge >= 0.3 is 5.97 Å². The molecule has 5 nitrogen and oxygen atoms in total. The highest BCUT2D eigenvalue weighted by molar-refractivity contribution is 7.18. The Bertz CT molecular complexity index is 477. The van der Waals surface area contributed by atoms with E-state index in [0.29, 0.717) is 21.0 Å². The van der Waals surface area contributed by atoms with Crippen LogP contribution in [0.5, 0.6) is 0 Å². The maximum absolute atomic E-state index is 11.9. The van der Waals surface area contributed by atoms with Crippen molar-refractivity contribution in [2.24, 2.45) is 0 Å². The van der Waals surface area contributed by atoms with Crippen molar-refractivity contribution in [3.63, 3.8) is 0 Å². The average Bonchev–Trinajstić information content (AvgIpc) is 3.03. The summed E-state index contributed by atoms with van der Waals surface area (Å²) in [5, 5.41) is 3.22. The largest absolute Gasteiger partial charge is 0.465 e. The second-order valence-corrected chi connectivity index (χ2v) is 5.09. The van der Waals surface area contributed by atoms with Crippen LogP contribution in [0.15, 0.2) is 0 Å². The zero-order valence-electron chi connectivity index (χ0n) is 9.70. The summed E-state index contributed by atoms with van der Waals surface area (Å²) in [5.41, 5.74) is 6.78. The van der Waals surface area contributed by atoms with E-state index in [4.69, 9.17) is 5.73 Å². The number of hydrogen-bond acceptors (Lipinski definition) is 5. The quantitative estimate of drug-likeness (QED) is 0.797. The number of methoxy groups -OCH3 is 1. The van der Waals surface area contributed by atoms with Gasteiger partial charge in [0.2, 0.25) is 0 Å². The predicted octanol–water partition coefficient (Wildman–Crippen LogP) is 1.32. The zero-order valence-corrected chi connectivity index (χ0v) is 10.5. The molecule has 1 saturated carbocycles. The molecule has 17 heavy (non-hydrogen) atoms. The Morgan fingerprint density at radius 2 is 2.12 bits per heavy atom. The number of anilines is 1. The molecule has 2 rings (SSSR count). The Labute approximate surface area is 103 Å². The number of carbonyl (C=O) groups excluding carboxylic acids is 2. The van der Waals surface area contributed by atoms with Crippen LogP contribution in [0.1, 0.15) is 38.4 Å². The van der Waals surface area contributed by atoms with Crippen LogP contribution in [0.2, 0.25) is 0 Å². The standard InChI is InChI=1S/C11H14N2O3S/c1-5-7(10(14)13-6-3-4-6)9(12)17-8(5)11(15)16-2/h6H,3-4,12H2,1-2H3,(H,13,14). The smallest absolute Gasteiger partial charge is 0.348 e. The van der Waals surface area contributed by atoms with Crippen molar-refractivity contribution < 1.29 is 14.3 Å². The molecule has 0 unspecified atom stereocenters. The lowest BCUT2D eigenvalue weighted by Gasteiger charge is -2.03. The van der Waals surface area contributed by atoms with Crippen LogP contribution < -0.4 is 11.1 Å². The monoisotopic (exact) mass is 254 g/mol. The number of carbonyl (C=O) groups is 2. The summed E-state index contributed by atoms with van der Waals surface area (Å²) in [5.74, 6) is -0.654. The first-order valence-electron chi connectivity index (χ1n) is 5.32. The van der Waals surface area contributed by atoms with Crippen molar-refractivity contribution in [2.45, 2.75) is 25.8 Å². The summed E-state index contributed by atoms with van der Waals surface area (Å²) in [6.07, 6.45) is 2.03. The number of nitrogens with one attached hydrogen (secondary N) is 1. The lowest BCUT2D eigenvalue weighted by molar-refractivity contribution is 0.0605. The molecule has 3 N–H and O–H groups in total. The van der Waals surface area contributed by atoms with Crippen LogP contribution in [-0.4, -0.2) is 25.0 Å². The Morgan fingerprint density at radius 3 is 2.65 bits per heavy atom. The van der Waals surface area contributed by atoms with Gasteiger partial charge in [0.25, 0.3) is 5.91 Å². The average molecular weight is 254 g/mol. The summed E-state index contributed by atoms with van der Waals surface area (Å²) in [6, 6.07) is 0.266. The molecular weight excluding hydrogens is 240 g/mol. The molecule has 1 aromatic heterocycles. The van der Waals surface area contributed by atoms with Crippen molar-refractivity contribution in [3.8, 4) is 0 Å². The van der Waals surface area contributed by atoms with Crippen molar-refractivity contribution in [2.75, 3.05) is 12.8 Å².